The summed E-state index contributed by atoms with van der Waals surface area (Å²) in [6.07, 6.45) is -1.47. The lowest BCUT2D eigenvalue weighted by molar-refractivity contribution is -0.141. The fourth-order valence-electron chi connectivity index (χ4n) is 2.23. The molecule has 3 aromatic rings. The van der Waals surface area contributed by atoms with E-state index >= 15 is 0 Å². The van der Waals surface area contributed by atoms with Crippen molar-refractivity contribution in [2.24, 2.45) is 0 Å². The number of hydrogen-bond acceptors (Lipinski definition) is 4. The Bertz CT molecular complexity index is 913. The Hall–Kier alpha value is -2.71. The molecule has 6 nitrogen and oxygen atoms in total. The molecule has 0 radical (unpaired) electrons. The summed E-state index contributed by atoms with van der Waals surface area (Å²) in [4.78, 5) is 26.6. The summed E-state index contributed by atoms with van der Waals surface area (Å²) in [6, 6.07) is 2.56. The Morgan fingerprint density at radius 3 is 2.83 bits per heavy atom. The van der Waals surface area contributed by atoms with E-state index in [2.05, 4.69) is 19.9 Å². The van der Waals surface area contributed by atoms with Gasteiger partial charge in [-0.05, 0) is 19.1 Å². The molecule has 1 N–H and O–H groups in total. The third-order valence-electron chi connectivity index (χ3n) is 3.30. The van der Waals surface area contributed by atoms with Gasteiger partial charge in [0.05, 0.1) is 11.8 Å². The van der Waals surface area contributed by atoms with Crippen LogP contribution < -0.4 is 5.56 Å². The summed E-state index contributed by atoms with van der Waals surface area (Å²) in [7, 11) is 0. The first-order valence-electron chi connectivity index (χ1n) is 6.79. The summed E-state index contributed by atoms with van der Waals surface area (Å²) in [5.41, 5.74) is -0.146. The molecular weight excluding hydrogens is 311 g/mol. The normalized spacial score (nSPS) is 12.0. The van der Waals surface area contributed by atoms with Gasteiger partial charge in [-0.2, -0.15) is 13.2 Å². The van der Waals surface area contributed by atoms with Crippen molar-refractivity contribution in [3.8, 4) is 0 Å². The van der Waals surface area contributed by atoms with E-state index in [0.717, 1.165) is 6.07 Å². The number of aromatic amines is 1. The van der Waals surface area contributed by atoms with Gasteiger partial charge in [-0.1, -0.05) is 0 Å². The van der Waals surface area contributed by atoms with Crippen molar-refractivity contribution in [1.29, 1.82) is 0 Å². The lowest BCUT2D eigenvalue weighted by atomic mass is 10.3. The topological polar surface area (TPSA) is 76.5 Å². The minimum Gasteiger partial charge on any atom is -0.355 e. The first-order valence-corrected chi connectivity index (χ1v) is 6.79. The molecule has 0 spiro atoms. The van der Waals surface area contributed by atoms with Crippen LogP contribution >= 0.6 is 0 Å². The predicted octanol–water partition coefficient (Wildman–Crippen LogP) is 2.08. The Morgan fingerprint density at radius 1 is 1.30 bits per heavy atom. The van der Waals surface area contributed by atoms with Crippen LogP contribution in [0, 0.1) is 6.92 Å². The Morgan fingerprint density at radius 2 is 2.09 bits per heavy atom. The molecule has 0 amide bonds. The van der Waals surface area contributed by atoms with E-state index in [-0.39, 0.29) is 30.0 Å². The highest BCUT2D eigenvalue weighted by Crippen LogP contribution is 2.27. The Balaban J connectivity index is 1.86. The maximum atomic E-state index is 12.8. The van der Waals surface area contributed by atoms with Gasteiger partial charge < -0.3 is 4.98 Å². The molecule has 9 heteroatoms. The summed E-state index contributed by atoms with van der Waals surface area (Å²) in [5, 5.41) is 0. The second-order valence-corrected chi connectivity index (χ2v) is 5.04. The van der Waals surface area contributed by atoms with Crippen molar-refractivity contribution in [3.63, 3.8) is 0 Å². The number of rotatable bonds is 3. The minimum atomic E-state index is -4.52. The van der Waals surface area contributed by atoms with Gasteiger partial charge >= 0.3 is 6.18 Å². The SMILES string of the molecule is Cc1cc(C(F)(F)F)nc(CCn2cnc3cc[nH]c3c2=O)n1. The molecule has 0 aliphatic heterocycles. The monoisotopic (exact) mass is 323 g/mol. The maximum absolute atomic E-state index is 12.8. The lowest BCUT2D eigenvalue weighted by Gasteiger charge is -2.09. The van der Waals surface area contributed by atoms with E-state index < -0.39 is 11.9 Å². The van der Waals surface area contributed by atoms with Crippen LogP contribution in [0.15, 0.2) is 29.5 Å². The molecule has 23 heavy (non-hydrogen) atoms. The zero-order valence-electron chi connectivity index (χ0n) is 12.1. The molecule has 0 bridgehead atoms. The van der Waals surface area contributed by atoms with Gasteiger partial charge in [0, 0.05) is 24.9 Å². The maximum Gasteiger partial charge on any atom is 0.433 e. The van der Waals surface area contributed by atoms with Crippen LogP contribution in [0.3, 0.4) is 0 Å². The highest BCUT2D eigenvalue weighted by atomic mass is 19.4. The molecule has 0 saturated heterocycles. The number of halogens is 3. The van der Waals surface area contributed by atoms with Gasteiger partial charge in [-0.25, -0.2) is 15.0 Å². The molecular formula is C14H12F3N5O. The predicted molar refractivity (Wildman–Crippen MR) is 75.8 cm³/mol. The molecule has 3 aromatic heterocycles. The molecule has 3 heterocycles. The summed E-state index contributed by atoms with van der Waals surface area (Å²) >= 11 is 0. The molecule has 0 fully saturated rings. The van der Waals surface area contributed by atoms with Crippen LogP contribution in [0.25, 0.3) is 11.0 Å². The molecule has 0 aliphatic rings. The number of nitrogens with zero attached hydrogens (tertiary/aromatic N) is 4. The number of hydrogen-bond donors (Lipinski definition) is 1. The number of aryl methyl sites for hydroxylation is 3. The average Bonchev–Trinajstić information content (AvgIpc) is 2.94. The second kappa shape index (κ2) is 5.49. The highest BCUT2D eigenvalue weighted by Gasteiger charge is 2.33. The van der Waals surface area contributed by atoms with Crippen molar-refractivity contribution in [1.82, 2.24) is 24.5 Å². The van der Waals surface area contributed by atoms with E-state index in [9.17, 15) is 18.0 Å². The van der Waals surface area contributed by atoms with Crippen LogP contribution in [0.1, 0.15) is 17.2 Å². The molecule has 0 aliphatic carbocycles. The van der Waals surface area contributed by atoms with Gasteiger partial charge in [0.2, 0.25) is 0 Å². The van der Waals surface area contributed by atoms with Gasteiger partial charge in [0.25, 0.3) is 5.56 Å². The number of alkyl halides is 3. The fourth-order valence-corrected chi connectivity index (χ4v) is 2.23. The summed E-state index contributed by atoms with van der Waals surface area (Å²) in [5.74, 6) is 0.0378. The molecule has 120 valence electrons. The first-order chi connectivity index (χ1) is 10.8. The van der Waals surface area contributed by atoms with Crippen molar-refractivity contribution in [2.75, 3.05) is 0 Å². The van der Waals surface area contributed by atoms with Gasteiger partial charge in [0.15, 0.2) is 0 Å². The molecule has 3 rings (SSSR count). The smallest absolute Gasteiger partial charge is 0.355 e. The van der Waals surface area contributed by atoms with Gasteiger partial charge in [-0.15, -0.1) is 0 Å². The lowest BCUT2D eigenvalue weighted by Crippen LogP contribution is -2.22. The summed E-state index contributed by atoms with van der Waals surface area (Å²) < 4.78 is 39.6. The van der Waals surface area contributed by atoms with E-state index in [1.54, 1.807) is 12.3 Å². The quantitative estimate of drug-likeness (QED) is 0.801. The van der Waals surface area contributed by atoms with Crippen LogP contribution in [0.4, 0.5) is 13.2 Å². The first kappa shape index (κ1) is 15.2. The van der Waals surface area contributed by atoms with Crippen molar-refractivity contribution < 1.29 is 13.2 Å². The standard InChI is InChI=1S/C14H12F3N5O/c1-8-6-10(14(15,16)17)21-11(20-8)3-5-22-7-19-9-2-4-18-12(9)13(22)23/h2,4,6-7,18H,3,5H2,1H3. The van der Waals surface area contributed by atoms with E-state index in [1.807, 2.05) is 0 Å². The third kappa shape index (κ3) is 3.08. The van der Waals surface area contributed by atoms with Crippen LogP contribution in [-0.2, 0) is 19.1 Å². The van der Waals surface area contributed by atoms with Crippen molar-refractivity contribution >= 4 is 11.0 Å². The highest BCUT2D eigenvalue weighted by molar-refractivity contribution is 5.73. The van der Waals surface area contributed by atoms with Crippen LogP contribution in [0.5, 0.6) is 0 Å². The molecule has 0 aromatic carbocycles. The zero-order valence-corrected chi connectivity index (χ0v) is 12.1. The third-order valence-corrected chi connectivity index (χ3v) is 3.30. The largest absolute Gasteiger partial charge is 0.433 e. The average molecular weight is 323 g/mol. The minimum absolute atomic E-state index is 0.0378. The Labute approximate surface area is 128 Å². The number of fused-ring (bicyclic) bond motifs is 1. The molecule has 0 unspecified atom stereocenters. The van der Waals surface area contributed by atoms with Gasteiger partial charge in [0.1, 0.15) is 17.0 Å². The second-order valence-electron chi connectivity index (χ2n) is 5.04. The van der Waals surface area contributed by atoms with E-state index in [4.69, 9.17) is 0 Å². The van der Waals surface area contributed by atoms with E-state index in [1.165, 1.54) is 17.8 Å². The van der Waals surface area contributed by atoms with Crippen molar-refractivity contribution in [2.45, 2.75) is 26.1 Å². The van der Waals surface area contributed by atoms with Crippen molar-refractivity contribution in [3.05, 3.63) is 52.2 Å². The zero-order chi connectivity index (χ0) is 16.6. The number of aromatic nitrogens is 5. The molecule has 0 atom stereocenters. The Kier molecular flexibility index (Phi) is 3.63. The number of nitrogens with one attached hydrogen (secondary N) is 1. The molecule has 0 saturated carbocycles. The summed E-state index contributed by atoms with van der Waals surface area (Å²) in [6.45, 7) is 1.61. The number of H-pyrrole nitrogens is 1. The van der Waals surface area contributed by atoms with E-state index in [0.29, 0.717) is 11.0 Å². The van der Waals surface area contributed by atoms with Crippen LogP contribution in [0.2, 0.25) is 0 Å². The fraction of sp³-hybridized carbons (Fsp3) is 0.286. The van der Waals surface area contributed by atoms with Gasteiger partial charge in [-0.3, -0.25) is 9.36 Å². The van der Waals surface area contributed by atoms with Crippen LogP contribution in [-0.4, -0.2) is 24.5 Å².